The van der Waals surface area contributed by atoms with E-state index in [1.54, 1.807) is 20.8 Å². The van der Waals surface area contributed by atoms with Gasteiger partial charge < -0.3 is 17.2 Å². The third kappa shape index (κ3) is 34.3. The largest absolute Gasteiger partial charge is 3.00 e. The van der Waals surface area contributed by atoms with Crippen molar-refractivity contribution in [2.75, 3.05) is 0 Å². The third-order valence-electron chi connectivity index (χ3n) is 2.30. The Hall–Kier alpha value is -2.06. The van der Waals surface area contributed by atoms with Gasteiger partial charge in [0.25, 0.3) is 0 Å². The summed E-state index contributed by atoms with van der Waals surface area (Å²) < 4.78 is 0. The first kappa shape index (κ1) is 30.8. The van der Waals surface area contributed by atoms with Gasteiger partial charge in [0.1, 0.15) is 17.3 Å². The molecule has 0 fully saturated rings. The van der Waals surface area contributed by atoms with Gasteiger partial charge >= 0.3 is 17.1 Å². The molecule has 25 heavy (non-hydrogen) atoms. The number of hydrogen-bond donors (Lipinski definition) is 3. The minimum Gasteiger partial charge on any atom is -0.369 e. The van der Waals surface area contributed by atoms with Crippen molar-refractivity contribution < 1.29 is 45.8 Å². The van der Waals surface area contributed by atoms with Gasteiger partial charge in [-0.1, -0.05) is 20.8 Å². The molecule has 0 rings (SSSR count). The molecular formula is C15H27FeN3O6+3. The number of ketones is 3. The molecule has 6 N–H and O–H groups in total. The Balaban J connectivity index is -0.000000130. The van der Waals surface area contributed by atoms with Gasteiger partial charge in [-0.15, -0.1) is 0 Å². The molecule has 0 saturated carbocycles. The Morgan fingerprint density at radius 3 is 0.720 bits per heavy atom. The van der Waals surface area contributed by atoms with Crippen molar-refractivity contribution in [1.82, 2.24) is 0 Å². The van der Waals surface area contributed by atoms with E-state index in [4.69, 9.17) is 17.2 Å². The molecule has 0 spiro atoms. The predicted octanol–water partition coefficient (Wildman–Crippen LogP) is -0.480. The minimum absolute atomic E-state index is 0. The van der Waals surface area contributed by atoms with Crippen LogP contribution in [-0.2, 0) is 45.8 Å². The van der Waals surface area contributed by atoms with Crippen LogP contribution in [0.5, 0.6) is 0 Å². The van der Waals surface area contributed by atoms with E-state index in [-0.39, 0.29) is 53.7 Å². The van der Waals surface area contributed by atoms with Crippen molar-refractivity contribution in [3.05, 3.63) is 0 Å². The Labute approximate surface area is 157 Å². The van der Waals surface area contributed by atoms with Gasteiger partial charge in [-0.05, 0) is 0 Å². The number of hydrogen-bond acceptors (Lipinski definition) is 6. The van der Waals surface area contributed by atoms with Crippen LogP contribution in [0.1, 0.15) is 59.3 Å². The summed E-state index contributed by atoms with van der Waals surface area (Å²) in [6, 6.07) is 0. The maximum atomic E-state index is 10.3. The zero-order chi connectivity index (χ0) is 19.7. The quantitative estimate of drug-likeness (QED) is 0.346. The first-order chi connectivity index (χ1) is 11.0. The third-order valence-corrected chi connectivity index (χ3v) is 2.30. The van der Waals surface area contributed by atoms with Crippen LogP contribution in [0.2, 0.25) is 0 Å². The molecule has 143 valence electrons. The van der Waals surface area contributed by atoms with Gasteiger partial charge in [0.05, 0.1) is 19.3 Å². The van der Waals surface area contributed by atoms with E-state index in [9.17, 15) is 28.8 Å². The van der Waals surface area contributed by atoms with Crippen LogP contribution in [0.15, 0.2) is 0 Å². The zero-order valence-corrected chi connectivity index (χ0v) is 15.9. The number of carbonyl (C=O) groups excluding carboxylic acids is 6. The Bertz CT molecular complexity index is 400. The minimum atomic E-state index is -0.545. The maximum Gasteiger partial charge on any atom is 3.00 e. The van der Waals surface area contributed by atoms with Crippen LogP contribution >= 0.6 is 0 Å². The number of rotatable bonds is 9. The van der Waals surface area contributed by atoms with Crippen molar-refractivity contribution >= 4 is 35.1 Å². The van der Waals surface area contributed by atoms with E-state index >= 15 is 0 Å². The van der Waals surface area contributed by atoms with Crippen LogP contribution in [0.25, 0.3) is 0 Å². The van der Waals surface area contributed by atoms with Gasteiger partial charge in [-0.3, -0.25) is 28.8 Å². The molecule has 0 heterocycles. The van der Waals surface area contributed by atoms with Crippen LogP contribution in [0, 0.1) is 0 Å². The number of carbonyl (C=O) groups is 6. The summed E-state index contributed by atoms with van der Waals surface area (Å²) in [5.74, 6) is -1.93. The Morgan fingerprint density at radius 1 is 0.520 bits per heavy atom. The van der Waals surface area contributed by atoms with E-state index in [1.807, 2.05) is 0 Å². The summed E-state index contributed by atoms with van der Waals surface area (Å²) in [4.78, 5) is 60.9. The van der Waals surface area contributed by atoms with Crippen LogP contribution < -0.4 is 17.2 Å². The molecule has 0 atom stereocenters. The molecule has 0 unspecified atom stereocenters. The predicted molar refractivity (Wildman–Crippen MR) is 87.3 cm³/mol. The van der Waals surface area contributed by atoms with Gasteiger partial charge in [0, 0.05) is 19.3 Å². The molecule has 0 bridgehead atoms. The Kier molecular flexibility index (Phi) is 24.6. The fraction of sp³-hybridized carbons (Fsp3) is 0.600. The molecule has 3 amide bonds. The normalized spacial score (nSPS) is 8.28. The maximum absolute atomic E-state index is 10.3. The molecule has 0 aromatic carbocycles. The molecule has 0 aliphatic carbocycles. The first-order valence-corrected chi connectivity index (χ1v) is 7.39. The fourth-order valence-corrected chi connectivity index (χ4v) is 0.958. The van der Waals surface area contributed by atoms with Crippen molar-refractivity contribution in [3.8, 4) is 0 Å². The molecule has 0 aromatic rings. The second-order valence-electron chi connectivity index (χ2n) is 4.61. The second-order valence-corrected chi connectivity index (χ2v) is 4.61. The van der Waals surface area contributed by atoms with E-state index < -0.39 is 17.7 Å². The van der Waals surface area contributed by atoms with Gasteiger partial charge in [-0.25, -0.2) is 0 Å². The van der Waals surface area contributed by atoms with Crippen molar-refractivity contribution in [2.24, 2.45) is 17.2 Å². The van der Waals surface area contributed by atoms with Gasteiger partial charge in [0.2, 0.25) is 17.7 Å². The molecule has 0 aliphatic heterocycles. The SMILES string of the molecule is CCC(=O)CC(N)=O.CCC(=O)CC(N)=O.CCC(=O)CC(N)=O.[Fe+3]. The number of amides is 3. The molecule has 0 aliphatic rings. The molecule has 10 heteroatoms. The molecule has 1 radical (unpaired) electrons. The fourth-order valence-electron chi connectivity index (χ4n) is 0.958. The Morgan fingerprint density at radius 2 is 0.680 bits per heavy atom. The summed E-state index contributed by atoms with van der Waals surface area (Å²) >= 11 is 0. The number of nitrogens with two attached hydrogens (primary N) is 3. The topological polar surface area (TPSA) is 180 Å². The summed E-state index contributed by atoms with van der Waals surface area (Å²) in [5.41, 5.74) is 14.1. The van der Waals surface area contributed by atoms with Crippen LogP contribution in [0.3, 0.4) is 0 Å². The molecule has 9 nitrogen and oxygen atoms in total. The van der Waals surface area contributed by atoms with Crippen molar-refractivity contribution in [3.63, 3.8) is 0 Å². The van der Waals surface area contributed by atoms with Crippen LogP contribution in [-0.4, -0.2) is 35.1 Å². The van der Waals surface area contributed by atoms with E-state index in [0.717, 1.165) is 0 Å². The van der Waals surface area contributed by atoms with Crippen molar-refractivity contribution in [2.45, 2.75) is 59.3 Å². The van der Waals surface area contributed by atoms with Gasteiger partial charge in [0.15, 0.2) is 0 Å². The molecular weight excluding hydrogens is 374 g/mol. The summed E-state index contributed by atoms with van der Waals surface area (Å²) in [6.45, 7) is 5.10. The summed E-state index contributed by atoms with van der Waals surface area (Å²) in [5, 5.41) is 0. The average molecular weight is 401 g/mol. The van der Waals surface area contributed by atoms with Crippen molar-refractivity contribution in [1.29, 1.82) is 0 Å². The molecule has 0 aromatic heterocycles. The summed E-state index contributed by atoms with van der Waals surface area (Å²) in [6.07, 6.45) is 0.832. The van der Waals surface area contributed by atoms with Gasteiger partial charge in [-0.2, -0.15) is 0 Å². The monoisotopic (exact) mass is 401 g/mol. The number of Topliss-reactive ketones (excluding diaryl/α,β-unsaturated/α-hetero) is 3. The number of primary amides is 3. The van der Waals surface area contributed by atoms with Crippen LogP contribution in [0.4, 0.5) is 0 Å². The molecule has 0 saturated heterocycles. The zero-order valence-electron chi connectivity index (χ0n) is 14.8. The standard InChI is InChI=1S/3C5H9NO2.Fe/c3*1-2-4(7)3-5(6)8;/h3*2-3H2,1H3,(H2,6,8);/q;;;+3. The summed E-state index contributed by atoms with van der Waals surface area (Å²) in [7, 11) is 0. The van der Waals surface area contributed by atoms with E-state index in [1.165, 1.54) is 0 Å². The smallest absolute Gasteiger partial charge is 0.369 e. The second kappa shape index (κ2) is 20.0. The van der Waals surface area contributed by atoms with E-state index in [2.05, 4.69) is 0 Å². The van der Waals surface area contributed by atoms with E-state index in [0.29, 0.717) is 19.3 Å². The average Bonchev–Trinajstić information content (AvgIpc) is 2.46. The first-order valence-electron chi connectivity index (χ1n) is 7.39.